The van der Waals surface area contributed by atoms with E-state index in [1.807, 2.05) is 0 Å². The minimum atomic E-state index is 0.510. The average molecular weight is 457 g/mol. The Bertz CT molecular complexity index is 997. The molecule has 8 heteroatoms. The number of likely N-dealkylation sites (N-methyl/N-ethyl adjacent to an activating group) is 1. The minimum Gasteiger partial charge on any atom is -0.365 e. The van der Waals surface area contributed by atoms with Crippen LogP contribution in [-0.4, -0.2) is 64.5 Å². The van der Waals surface area contributed by atoms with Crippen LogP contribution >= 0.6 is 23.1 Å². The first kappa shape index (κ1) is 21.1. The highest BCUT2D eigenvalue weighted by molar-refractivity contribution is 7.98. The maximum absolute atomic E-state index is 5.06. The molecule has 3 aromatic rings. The van der Waals surface area contributed by atoms with Gasteiger partial charge in [0, 0.05) is 42.7 Å². The summed E-state index contributed by atoms with van der Waals surface area (Å²) in [6.07, 6.45) is 8.54. The number of piperazine rings is 1. The van der Waals surface area contributed by atoms with E-state index in [1.54, 1.807) is 23.1 Å². The molecule has 0 amide bonds. The van der Waals surface area contributed by atoms with Gasteiger partial charge < -0.3 is 15.1 Å². The Balaban J connectivity index is 1.48. The van der Waals surface area contributed by atoms with Gasteiger partial charge in [0.2, 0.25) is 10.1 Å². The third kappa shape index (κ3) is 4.43. The summed E-state index contributed by atoms with van der Waals surface area (Å²) in [6.45, 7) is 7.67. The zero-order valence-electron chi connectivity index (χ0n) is 18.5. The first-order chi connectivity index (χ1) is 15.2. The van der Waals surface area contributed by atoms with Crippen LogP contribution in [0.5, 0.6) is 0 Å². The molecule has 5 rings (SSSR count). The number of hydrogen-bond donors (Lipinski definition) is 1. The van der Waals surface area contributed by atoms with Crippen molar-refractivity contribution in [1.82, 2.24) is 19.5 Å². The molecular weight excluding hydrogens is 424 g/mol. The molecule has 1 N–H and O–H groups in total. The van der Waals surface area contributed by atoms with Gasteiger partial charge in [-0.05, 0) is 37.8 Å². The van der Waals surface area contributed by atoms with Crippen molar-refractivity contribution in [2.24, 2.45) is 0 Å². The van der Waals surface area contributed by atoms with Crippen molar-refractivity contribution in [3.8, 4) is 11.3 Å². The highest BCUT2D eigenvalue weighted by Crippen LogP contribution is 2.35. The second-order valence-corrected chi connectivity index (χ2v) is 10.3. The van der Waals surface area contributed by atoms with Crippen LogP contribution in [0, 0.1) is 0 Å². The summed E-state index contributed by atoms with van der Waals surface area (Å²) < 4.78 is 2.07. The van der Waals surface area contributed by atoms with Crippen LogP contribution in [0.15, 0.2) is 29.2 Å². The average Bonchev–Trinajstić information content (AvgIpc) is 3.39. The number of rotatable bonds is 6. The van der Waals surface area contributed by atoms with Gasteiger partial charge in [0.05, 0.1) is 0 Å². The first-order valence-electron chi connectivity index (χ1n) is 11.5. The van der Waals surface area contributed by atoms with Gasteiger partial charge in [-0.25, -0.2) is 4.98 Å². The van der Waals surface area contributed by atoms with Crippen LogP contribution in [0.3, 0.4) is 0 Å². The van der Waals surface area contributed by atoms with Crippen LogP contribution in [0.1, 0.15) is 39.0 Å². The molecule has 1 saturated carbocycles. The highest BCUT2D eigenvalue weighted by atomic mass is 32.2. The Morgan fingerprint density at radius 1 is 1.06 bits per heavy atom. The van der Waals surface area contributed by atoms with Gasteiger partial charge >= 0.3 is 0 Å². The number of nitrogens with one attached hydrogen (secondary N) is 1. The molecule has 1 aliphatic carbocycles. The van der Waals surface area contributed by atoms with Crippen LogP contribution in [-0.2, 0) is 0 Å². The molecule has 2 aliphatic rings. The summed E-state index contributed by atoms with van der Waals surface area (Å²) in [5, 5.41) is 9.98. The highest BCUT2D eigenvalue weighted by Gasteiger charge is 2.25. The van der Waals surface area contributed by atoms with E-state index in [2.05, 4.69) is 57.1 Å². The van der Waals surface area contributed by atoms with Crippen molar-refractivity contribution < 1.29 is 0 Å². The van der Waals surface area contributed by atoms with E-state index in [0.29, 0.717) is 6.04 Å². The summed E-state index contributed by atoms with van der Waals surface area (Å²) in [7, 11) is 0. The standard InChI is InChI=1S/C23H32N6S2/c1-3-27-13-15-28(16-14-27)23-26-29-21(24-18-7-5-4-6-8-18)20(25-22(29)31-23)17-9-11-19(30-2)12-10-17/h9-12,18,24H,3-8,13-16H2,1-2H3. The first-order valence-corrected chi connectivity index (χ1v) is 13.6. The van der Waals surface area contributed by atoms with Crippen LogP contribution in [0.25, 0.3) is 16.2 Å². The lowest BCUT2D eigenvalue weighted by atomic mass is 9.95. The fourth-order valence-corrected chi connectivity index (χ4v) is 6.00. The molecule has 6 nitrogen and oxygen atoms in total. The van der Waals surface area contributed by atoms with Gasteiger partial charge in [0.25, 0.3) is 0 Å². The number of thioether (sulfide) groups is 1. The Morgan fingerprint density at radius 2 is 1.81 bits per heavy atom. The lowest BCUT2D eigenvalue weighted by molar-refractivity contribution is 0.271. The van der Waals surface area contributed by atoms with Crippen molar-refractivity contribution >= 4 is 39.0 Å². The molecule has 166 valence electrons. The molecule has 31 heavy (non-hydrogen) atoms. The Hall–Kier alpha value is -1.77. The normalized spacial score (nSPS) is 18.7. The zero-order valence-corrected chi connectivity index (χ0v) is 20.1. The SMILES string of the molecule is CCN1CCN(c2nn3c(NC4CCCCC4)c(-c4ccc(SC)cc4)nc3s2)CC1. The van der Waals surface area contributed by atoms with Gasteiger partial charge in [-0.2, -0.15) is 4.52 Å². The van der Waals surface area contributed by atoms with E-state index >= 15 is 0 Å². The van der Waals surface area contributed by atoms with E-state index < -0.39 is 0 Å². The topological polar surface area (TPSA) is 48.7 Å². The number of fused-ring (bicyclic) bond motifs is 1. The van der Waals surface area contributed by atoms with Crippen molar-refractivity contribution in [2.75, 3.05) is 49.2 Å². The smallest absolute Gasteiger partial charge is 0.216 e. The van der Waals surface area contributed by atoms with Crippen molar-refractivity contribution in [2.45, 2.75) is 50.0 Å². The summed E-state index contributed by atoms with van der Waals surface area (Å²) in [6, 6.07) is 9.26. The molecule has 0 atom stereocenters. The molecule has 0 spiro atoms. The van der Waals surface area contributed by atoms with Crippen molar-refractivity contribution in [3.05, 3.63) is 24.3 Å². The third-order valence-electron chi connectivity index (χ3n) is 6.59. The summed E-state index contributed by atoms with van der Waals surface area (Å²) in [4.78, 5) is 12.2. The minimum absolute atomic E-state index is 0.510. The van der Waals surface area contributed by atoms with E-state index in [9.17, 15) is 0 Å². The molecule has 1 aliphatic heterocycles. The van der Waals surface area contributed by atoms with E-state index in [0.717, 1.165) is 59.9 Å². The molecule has 1 saturated heterocycles. The fourth-order valence-electron chi connectivity index (χ4n) is 4.64. The van der Waals surface area contributed by atoms with Crippen molar-refractivity contribution in [1.29, 1.82) is 0 Å². The number of benzene rings is 1. The molecule has 1 aromatic carbocycles. The molecule has 2 aromatic heterocycles. The number of nitrogens with zero attached hydrogens (tertiary/aromatic N) is 5. The Morgan fingerprint density at radius 3 is 2.48 bits per heavy atom. The Kier molecular flexibility index (Phi) is 6.39. The maximum atomic E-state index is 5.06. The molecule has 3 heterocycles. The van der Waals surface area contributed by atoms with Crippen LogP contribution in [0.2, 0.25) is 0 Å². The summed E-state index contributed by atoms with van der Waals surface area (Å²) in [5.41, 5.74) is 2.19. The van der Waals surface area contributed by atoms with Gasteiger partial charge in [-0.1, -0.05) is 49.7 Å². The molecule has 0 unspecified atom stereocenters. The predicted molar refractivity (Wildman–Crippen MR) is 133 cm³/mol. The lowest BCUT2D eigenvalue weighted by Crippen LogP contribution is -2.46. The van der Waals surface area contributed by atoms with Gasteiger partial charge in [0.1, 0.15) is 5.69 Å². The summed E-state index contributed by atoms with van der Waals surface area (Å²) >= 11 is 3.49. The second kappa shape index (κ2) is 9.38. The number of hydrogen-bond acceptors (Lipinski definition) is 7. The quantitative estimate of drug-likeness (QED) is 0.523. The predicted octanol–water partition coefficient (Wildman–Crippen LogP) is 5.07. The zero-order chi connectivity index (χ0) is 21.2. The maximum Gasteiger partial charge on any atom is 0.216 e. The summed E-state index contributed by atoms with van der Waals surface area (Å²) in [5.74, 6) is 1.06. The van der Waals surface area contributed by atoms with E-state index in [-0.39, 0.29) is 0 Å². The largest absolute Gasteiger partial charge is 0.365 e. The fraction of sp³-hybridized carbons (Fsp3) is 0.565. The van der Waals surface area contributed by atoms with Gasteiger partial charge in [0.15, 0.2) is 5.82 Å². The van der Waals surface area contributed by atoms with Crippen molar-refractivity contribution in [3.63, 3.8) is 0 Å². The third-order valence-corrected chi connectivity index (χ3v) is 8.31. The van der Waals surface area contributed by atoms with E-state index in [4.69, 9.17) is 10.1 Å². The van der Waals surface area contributed by atoms with Gasteiger partial charge in [-0.15, -0.1) is 16.9 Å². The van der Waals surface area contributed by atoms with Crippen LogP contribution in [0.4, 0.5) is 10.9 Å². The van der Waals surface area contributed by atoms with E-state index in [1.165, 1.54) is 37.0 Å². The second-order valence-electron chi connectivity index (χ2n) is 8.52. The Labute approximate surface area is 193 Å². The molecule has 2 fully saturated rings. The molecular formula is C23H32N6S2. The van der Waals surface area contributed by atoms with Gasteiger partial charge in [-0.3, -0.25) is 0 Å². The number of anilines is 2. The van der Waals surface area contributed by atoms with Crippen LogP contribution < -0.4 is 10.2 Å². The number of imidazole rings is 1. The number of aromatic nitrogens is 3. The lowest BCUT2D eigenvalue weighted by Gasteiger charge is -2.33. The monoisotopic (exact) mass is 456 g/mol. The molecule has 0 radical (unpaired) electrons. The molecule has 0 bridgehead atoms.